The van der Waals surface area contributed by atoms with Crippen LogP contribution in [0.5, 0.6) is 0 Å². The molecule has 1 spiro atoms. The summed E-state index contributed by atoms with van der Waals surface area (Å²) in [4.78, 5) is 8.12. The third-order valence-corrected chi connectivity index (χ3v) is 8.22. The Balaban J connectivity index is 1.17. The number of anilines is 2. The SMILES string of the molecule is CN1c2cccc3c2N(CC12CC2)C1CCN(CCCc2cccc(Cl)c2)CC31. The molecule has 29 heavy (non-hydrogen) atoms. The van der Waals surface area contributed by atoms with Gasteiger partial charge in [-0.1, -0.05) is 35.9 Å². The summed E-state index contributed by atoms with van der Waals surface area (Å²) >= 11 is 6.14. The summed E-state index contributed by atoms with van der Waals surface area (Å²) in [6, 6.07) is 16.1. The van der Waals surface area contributed by atoms with Gasteiger partial charge < -0.3 is 14.7 Å². The van der Waals surface area contributed by atoms with Gasteiger partial charge in [-0.15, -0.1) is 0 Å². The number of likely N-dealkylation sites (tertiary alicyclic amines) is 1. The fourth-order valence-electron chi connectivity index (χ4n) is 6.20. The number of para-hydroxylation sites is 1. The first kappa shape index (κ1) is 18.1. The van der Waals surface area contributed by atoms with Gasteiger partial charge in [0.15, 0.2) is 0 Å². The Kier molecular flexibility index (Phi) is 4.15. The van der Waals surface area contributed by atoms with Crippen LogP contribution in [0, 0.1) is 0 Å². The fraction of sp³-hybridized carbons (Fsp3) is 0.520. The second kappa shape index (κ2) is 6.65. The van der Waals surface area contributed by atoms with Crippen LogP contribution in [0.3, 0.4) is 0 Å². The number of hydrogen-bond donors (Lipinski definition) is 0. The highest BCUT2D eigenvalue weighted by atomic mass is 35.5. The van der Waals surface area contributed by atoms with Crippen molar-refractivity contribution < 1.29 is 0 Å². The summed E-state index contributed by atoms with van der Waals surface area (Å²) in [5.41, 5.74) is 6.43. The number of aryl methyl sites for hydroxylation is 1. The molecule has 0 radical (unpaired) electrons. The number of hydrogen-bond acceptors (Lipinski definition) is 3. The zero-order chi connectivity index (χ0) is 19.6. The summed E-state index contributed by atoms with van der Waals surface area (Å²) in [6.45, 7) is 4.88. The first-order chi connectivity index (χ1) is 14.1. The number of likely N-dealkylation sites (N-methyl/N-ethyl adjacent to an activating group) is 1. The molecule has 2 fully saturated rings. The summed E-state index contributed by atoms with van der Waals surface area (Å²) in [5, 5.41) is 0.852. The molecule has 0 N–H and O–H groups in total. The van der Waals surface area contributed by atoms with E-state index in [9.17, 15) is 0 Å². The van der Waals surface area contributed by atoms with E-state index < -0.39 is 0 Å². The van der Waals surface area contributed by atoms with Crippen LogP contribution in [0.2, 0.25) is 5.02 Å². The standard InChI is InChI=1S/C25H30ClN3/c1-27-23-9-3-8-20-21-16-28(13-4-6-18-5-2-7-19(26)15-18)14-10-22(21)29(24(20)23)17-25(27)11-12-25/h2-3,5,7-9,15,21-22H,4,6,10-14,16-17H2,1H3. The van der Waals surface area contributed by atoms with Crippen LogP contribution in [0.4, 0.5) is 11.4 Å². The minimum Gasteiger partial charge on any atom is -0.365 e. The molecule has 2 unspecified atom stereocenters. The predicted octanol–water partition coefficient (Wildman–Crippen LogP) is 4.93. The zero-order valence-corrected chi connectivity index (χ0v) is 18.0. The molecule has 0 aromatic heterocycles. The second-order valence-corrected chi connectivity index (χ2v) is 10.1. The first-order valence-corrected chi connectivity index (χ1v) is 11.6. The van der Waals surface area contributed by atoms with Crippen molar-refractivity contribution in [3.8, 4) is 0 Å². The number of nitrogens with zero attached hydrogens (tertiary/aromatic N) is 3. The van der Waals surface area contributed by atoms with Crippen LogP contribution in [-0.4, -0.2) is 49.7 Å². The van der Waals surface area contributed by atoms with E-state index in [2.05, 4.69) is 58.1 Å². The van der Waals surface area contributed by atoms with E-state index in [1.165, 1.54) is 63.1 Å². The van der Waals surface area contributed by atoms with Gasteiger partial charge in [0.25, 0.3) is 0 Å². The number of piperidine rings is 1. The molecule has 0 bridgehead atoms. The molecule has 4 heteroatoms. The average Bonchev–Trinajstić information content (AvgIpc) is 3.44. The molecule has 152 valence electrons. The Bertz CT molecular complexity index is 937. The molecule has 1 saturated carbocycles. The minimum absolute atomic E-state index is 0.425. The maximum Gasteiger partial charge on any atom is 0.0644 e. The van der Waals surface area contributed by atoms with Crippen LogP contribution in [0.15, 0.2) is 42.5 Å². The lowest BCUT2D eigenvalue weighted by Crippen LogP contribution is -2.54. The molecular weight excluding hydrogens is 378 g/mol. The van der Waals surface area contributed by atoms with Gasteiger partial charge in [-0.05, 0) is 68.0 Å². The molecule has 3 nitrogen and oxygen atoms in total. The molecule has 4 aliphatic rings. The first-order valence-electron chi connectivity index (χ1n) is 11.2. The van der Waals surface area contributed by atoms with Crippen molar-refractivity contribution in [2.24, 2.45) is 0 Å². The maximum absolute atomic E-state index is 6.14. The van der Waals surface area contributed by atoms with E-state index in [0.717, 1.165) is 11.4 Å². The molecule has 0 amide bonds. The summed E-state index contributed by atoms with van der Waals surface area (Å²) < 4.78 is 0. The highest BCUT2D eigenvalue weighted by Crippen LogP contribution is 2.57. The maximum atomic E-state index is 6.14. The van der Waals surface area contributed by atoms with Gasteiger partial charge in [0.2, 0.25) is 0 Å². The highest BCUT2D eigenvalue weighted by Gasteiger charge is 2.56. The topological polar surface area (TPSA) is 9.72 Å². The van der Waals surface area contributed by atoms with Crippen molar-refractivity contribution in [1.82, 2.24) is 4.90 Å². The third-order valence-electron chi connectivity index (χ3n) is 7.99. The largest absolute Gasteiger partial charge is 0.365 e. The summed E-state index contributed by atoms with van der Waals surface area (Å²) in [6.07, 6.45) is 6.34. The Morgan fingerprint density at radius 1 is 1.14 bits per heavy atom. The summed E-state index contributed by atoms with van der Waals surface area (Å²) in [5.74, 6) is 0.673. The van der Waals surface area contributed by atoms with E-state index in [1.54, 1.807) is 11.3 Å². The zero-order valence-electron chi connectivity index (χ0n) is 17.3. The van der Waals surface area contributed by atoms with Crippen molar-refractivity contribution in [2.75, 3.05) is 43.0 Å². The van der Waals surface area contributed by atoms with Crippen molar-refractivity contribution in [3.05, 3.63) is 58.6 Å². The minimum atomic E-state index is 0.425. The fourth-order valence-corrected chi connectivity index (χ4v) is 6.41. The number of rotatable bonds is 4. The number of fused-ring (bicyclic) bond motifs is 3. The van der Waals surface area contributed by atoms with Crippen molar-refractivity contribution in [1.29, 1.82) is 0 Å². The lowest BCUT2D eigenvalue weighted by molar-refractivity contribution is 0.190. The second-order valence-electron chi connectivity index (χ2n) is 9.62. The van der Waals surface area contributed by atoms with Gasteiger partial charge in [-0.2, -0.15) is 0 Å². The number of halogens is 1. The van der Waals surface area contributed by atoms with E-state index in [4.69, 9.17) is 11.6 Å². The smallest absolute Gasteiger partial charge is 0.0644 e. The van der Waals surface area contributed by atoms with Gasteiger partial charge in [-0.25, -0.2) is 0 Å². The monoisotopic (exact) mass is 407 g/mol. The van der Waals surface area contributed by atoms with Gasteiger partial charge >= 0.3 is 0 Å². The normalized spacial score (nSPS) is 26.6. The predicted molar refractivity (Wildman–Crippen MR) is 122 cm³/mol. The van der Waals surface area contributed by atoms with Crippen LogP contribution in [0.1, 0.15) is 42.7 Å². The van der Waals surface area contributed by atoms with Crippen LogP contribution in [0.25, 0.3) is 0 Å². The molecular formula is C25H30ClN3. The molecule has 1 saturated heterocycles. The van der Waals surface area contributed by atoms with Gasteiger partial charge in [0.1, 0.15) is 0 Å². The van der Waals surface area contributed by atoms with E-state index >= 15 is 0 Å². The Hall–Kier alpha value is -1.71. The lowest BCUT2D eigenvalue weighted by Gasteiger charge is -2.46. The molecule has 3 heterocycles. The molecule has 1 aliphatic carbocycles. The Morgan fingerprint density at radius 3 is 2.83 bits per heavy atom. The third kappa shape index (κ3) is 2.89. The van der Waals surface area contributed by atoms with Crippen molar-refractivity contribution >= 4 is 23.0 Å². The van der Waals surface area contributed by atoms with E-state index in [1.807, 2.05) is 6.07 Å². The van der Waals surface area contributed by atoms with Gasteiger partial charge in [-0.3, -0.25) is 0 Å². The summed E-state index contributed by atoms with van der Waals surface area (Å²) in [7, 11) is 2.32. The Morgan fingerprint density at radius 2 is 2.00 bits per heavy atom. The quantitative estimate of drug-likeness (QED) is 0.711. The van der Waals surface area contributed by atoms with Crippen LogP contribution >= 0.6 is 11.6 Å². The highest BCUT2D eigenvalue weighted by molar-refractivity contribution is 6.30. The Labute approximate surface area is 179 Å². The van der Waals surface area contributed by atoms with Crippen molar-refractivity contribution in [3.63, 3.8) is 0 Å². The van der Waals surface area contributed by atoms with Crippen LogP contribution in [-0.2, 0) is 6.42 Å². The van der Waals surface area contributed by atoms with E-state index in [-0.39, 0.29) is 0 Å². The average molecular weight is 408 g/mol. The molecule has 3 aliphatic heterocycles. The lowest BCUT2D eigenvalue weighted by atomic mass is 9.89. The van der Waals surface area contributed by atoms with Crippen molar-refractivity contribution in [2.45, 2.75) is 49.6 Å². The number of benzene rings is 2. The van der Waals surface area contributed by atoms with Gasteiger partial charge in [0.05, 0.1) is 16.9 Å². The molecule has 2 atom stereocenters. The molecule has 2 aromatic rings. The molecule has 2 aromatic carbocycles. The molecule has 6 rings (SSSR count). The van der Waals surface area contributed by atoms with Crippen LogP contribution < -0.4 is 9.80 Å². The van der Waals surface area contributed by atoms with Gasteiger partial charge in [0, 0.05) is 43.7 Å². The van der Waals surface area contributed by atoms with E-state index in [0.29, 0.717) is 17.5 Å².